The molecule has 0 unspecified atom stereocenters. The van der Waals surface area contributed by atoms with Crippen molar-refractivity contribution in [2.45, 2.75) is 24.4 Å². The summed E-state index contributed by atoms with van der Waals surface area (Å²) in [7, 11) is 0. The standard InChI is InChI=1S/C24H23N3S/c1-2-27-23(20-11-7-4-8-12-20)22(19-9-5-3-6-10-19)26-24(27)28-17-18-13-15-21(25)16-14-18/h3-16H,2,17,25H2,1H3. The van der Waals surface area contributed by atoms with Gasteiger partial charge in [0.05, 0.1) is 11.4 Å². The van der Waals surface area contributed by atoms with Gasteiger partial charge in [0.2, 0.25) is 0 Å². The van der Waals surface area contributed by atoms with E-state index in [9.17, 15) is 0 Å². The number of aromatic nitrogens is 2. The van der Waals surface area contributed by atoms with Crippen molar-refractivity contribution in [2.24, 2.45) is 0 Å². The molecule has 0 spiro atoms. The summed E-state index contributed by atoms with van der Waals surface area (Å²) in [6.07, 6.45) is 0. The lowest BCUT2D eigenvalue weighted by atomic mass is 10.0. The Labute approximate surface area is 170 Å². The zero-order valence-electron chi connectivity index (χ0n) is 15.9. The molecule has 0 saturated heterocycles. The van der Waals surface area contributed by atoms with Gasteiger partial charge in [-0.05, 0) is 24.6 Å². The Hall–Kier alpha value is -2.98. The van der Waals surface area contributed by atoms with Gasteiger partial charge in [0.15, 0.2) is 5.16 Å². The number of nitrogen functional groups attached to an aromatic ring is 1. The van der Waals surface area contributed by atoms with E-state index in [0.29, 0.717) is 0 Å². The molecule has 4 rings (SSSR count). The lowest BCUT2D eigenvalue weighted by Gasteiger charge is -2.11. The lowest BCUT2D eigenvalue weighted by Crippen LogP contribution is -1.99. The average Bonchev–Trinajstić information content (AvgIpc) is 3.13. The molecule has 0 aliphatic carbocycles. The van der Waals surface area contributed by atoms with E-state index in [4.69, 9.17) is 10.7 Å². The summed E-state index contributed by atoms with van der Waals surface area (Å²) in [6, 6.07) is 29.0. The van der Waals surface area contributed by atoms with Crippen molar-refractivity contribution in [1.82, 2.24) is 9.55 Å². The van der Waals surface area contributed by atoms with Gasteiger partial charge in [-0.1, -0.05) is 84.6 Å². The molecule has 140 valence electrons. The van der Waals surface area contributed by atoms with E-state index in [2.05, 4.69) is 78.2 Å². The molecule has 1 aromatic heterocycles. The largest absolute Gasteiger partial charge is 0.399 e. The molecule has 4 aromatic rings. The normalized spacial score (nSPS) is 10.9. The van der Waals surface area contributed by atoms with Crippen LogP contribution in [0, 0.1) is 0 Å². The highest BCUT2D eigenvalue weighted by Crippen LogP contribution is 2.36. The summed E-state index contributed by atoms with van der Waals surface area (Å²) in [5, 5.41) is 1.04. The van der Waals surface area contributed by atoms with E-state index in [1.807, 2.05) is 18.2 Å². The second-order valence-corrected chi connectivity index (χ2v) is 7.54. The number of thioether (sulfide) groups is 1. The van der Waals surface area contributed by atoms with Crippen LogP contribution in [0.4, 0.5) is 5.69 Å². The van der Waals surface area contributed by atoms with Crippen molar-refractivity contribution in [3.05, 3.63) is 90.5 Å². The first-order chi connectivity index (χ1) is 13.8. The molecular weight excluding hydrogens is 362 g/mol. The molecule has 3 nitrogen and oxygen atoms in total. The maximum atomic E-state index is 5.81. The topological polar surface area (TPSA) is 43.8 Å². The number of anilines is 1. The molecule has 0 amide bonds. The molecule has 0 saturated carbocycles. The van der Waals surface area contributed by atoms with Crippen molar-refractivity contribution in [3.63, 3.8) is 0 Å². The fourth-order valence-electron chi connectivity index (χ4n) is 3.28. The van der Waals surface area contributed by atoms with E-state index in [0.717, 1.165) is 34.4 Å². The third kappa shape index (κ3) is 3.82. The highest BCUT2D eigenvalue weighted by molar-refractivity contribution is 7.98. The Morgan fingerprint density at radius 3 is 2.04 bits per heavy atom. The molecule has 1 heterocycles. The SMILES string of the molecule is CCn1c(SCc2ccc(N)cc2)nc(-c2ccccc2)c1-c1ccccc1. The van der Waals surface area contributed by atoms with Crippen LogP contribution in [0.5, 0.6) is 0 Å². The first-order valence-corrected chi connectivity index (χ1v) is 10.4. The predicted molar refractivity (Wildman–Crippen MR) is 119 cm³/mol. The van der Waals surface area contributed by atoms with Gasteiger partial charge in [-0.15, -0.1) is 0 Å². The van der Waals surface area contributed by atoms with Gasteiger partial charge in [-0.25, -0.2) is 4.98 Å². The number of nitrogens with zero attached hydrogens (tertiary/aromatic N) is 2. The van der Waals surface area contributed by atoms with Crippen LogP contribution >= 0.6 is 11.8 Å². The van der Waals surface area contributed by atoms with Crippen molar-refractivity contribution in [2.75, 3.05) is 5.73 Å². The van der Waals surface area contributed by atoms with Crippen molar-refractivity contribution in [3.8, 4) is 22.5 Å². The zero-order chi connectivity index (χ0) is 19.3. The van der Waals surface area contributed by atoms with Gasteiger partial charge in [0.1, 0.15) is 0 Å². The van der Waals surface area contributed by atoms with Crippen molar-refractivity contribution in [1.29, 1.82) is 0 Å². The molecule has 0 fully saturated rings. The van der Waals surface area contributed by atoms with Crippen LogP contribution in [0.1, 0.15) is 12.5 Å². The van der Waals surface area contributed by atoms with E-state index in [1.165, 1.54) is 16.8 Å². The van der Waals surface area contributed by atoms with Gasteiger partial charge >= 0.3 is 0 Å². The van der Waals surface area contributed by atoms with Crippen LogP contribution < -0.4 is 5.73 Å². The van der Waals surface area contributed by atoms with Crippen LogP contribution in [0.25, 0.3) is 22.5 Å². The Kier molecular flexibility index (Phi) is 5.49. The maximum Gasteiger partial charge on any atom is 0.169 e. The number of rotatable bonds is 6. The summed E-state index contributed by atoms with van der Waals surface area (Å²) in [5.41, 5.74) is 12.4. The third-order valence-electron chi connectivity index (χ3n) is 4.69. The molecule has 2 N–H and O–H groups in total. The van der Waals surface area contributed by atoms with Crippen LogP contribution in [-0.4, -0.2) is 9.55 Å². The second kappa shape index (κ2) is 8.36. The van der Waals surface area contributed by atoms with Crippen molar-refractivity contribution < 1.29 is 0 Å². The molecular formula is C24H23N3S. The fourth-order valence-corrected chi connectivity index (χ4v) is 4.30. The van der Waals surface area contributed by atoms with Gasteiger partial charge in [-0.3, -0.25) is 0 Å². The Morgan fingerprint density at radius 1 is 0.821 bits per heavy atom. The molecule has 0 aliphatic heterocycles. The molecule has 0 radical (unpaired) electrons. The Morgan fingerprint density at radius 2 is 1.43 bits per heavy atom. The fraction of sp³-hybridized carbons (Fsp3) is 0.125. The average molecular weight is 386 g/mol. The second-order valence-electron chi connectivity index (χ2n) is 6.60. The van der Waals surface area contributed by atoms with Crippen molar-refractivity contribution >= 4 is 17.4 Å². The van der Waals surface area contributed by atoms with E-state index >= 15 is 0 Å². The summed E-state index contributed by atoms with van der Waals surface area (Å²) in [5.74, 6) is 0.861. The Balaban J connectivity index is 1.76. The lowest BCUT2D eigenvalue weighted by molar-refractivity contribution is 0.687. The zero-order valence-corrected chi connectivity index (χ0v) is 16.7. The molecule has 0 atom stereocenters. The quantitative estimate of drug-likeness (QED) is 0.322. The minimum atomic E-state index is 0.793. The predicted octanol–water partition coefficient (Wildman–Crippen LogP) is 6.11. The summed E-state index contributed by atoms with van der Waals surface area (Å²) in [6.45, 7) is 3.05. The van der Waals surface area contributed by atoms with Gasteiger partial charge in [0, 0.05) is 29.1 Å². The third-order valence-corrected chi connectivity index (χ3v) is 5.74. The van der Waals surface area contributed by atoms with E-state index in [1.54, 1.807) is 11.8 Å². The molecule has 0 bridgehead atoms. The van der Waals surface area contributed by atoms with E-state index < -0.39 is 0 Å². The molecule has 3 aromatic carbocycles. The first-order valence-electron chi connectivity index (χ1n) is 9.45. The number of benzene rings is 3. The van der Waals surface area contributed by atoms with Gasteiger partial charge < -0.3 is 10.3 Å². The van der Waals surface area contributed by atoms with Gasteiger partial charge in [0.25, 0.3) is 0 Å². The monoisotopic (exact) mass is 385 g/mol. The first kappa shape index (κ1) is 18.4. The maximum absolute atomic E-state index is 5.81. The summed E-state index contributed by atoms with van der Waals surface area (Å²) in [4.78, 5) is 5.06. The molecule has 0 aliphatic rings. The number of imidazole rings is 1. The molecule has 28 heavy (non-hydrogen) atoms. The van der Waals surface area contributed by atoms with Crippen LogP contribution in [-0.2, 0) is 12.3 Å². The Bertz CT molecular complexity index is 1040. The number of hydrogen-bond donors (Lipinski definition) is 1. The minimum absolute atomic E-state index is 0.793. The number of nitrogens with two attached hydrogens (primary N) is 1. The molecule has 4 heteroatoms. The van der Waals surface area contributed by atoms with Crippen LogP contribution in [0.2, 0.25) is 0 Å². The van der Waals surface area contributed by atoms with E-state index in [-0.39, 0.29) is 0 Å². The smallest absolute Gasteiger partial charge is 0.169 e. The highest BCUT2D eigenvalue weighted by atomic mass is 32.2. The van der Waals surface area contributed by atoms with Gasteiger partial charge in [-0.2, -0.15) is 0 Å². The minimum Gasteiger partial charge on any atom is -0.399 e. The number of hydrogen-bond acceptors (Lipinski definition) is 3. The highest BCUT2D eigenvalue weighted by Gasteiger charge is 2.19. The van der Waals surface area contributed by atoms with Crippen LogP contribution in [0.15, 0.2) is 90.1 Å². The van der Waals surface area contributed by atoms with Crippen LogP contribution in [0.3, 0.4) is 0 Å². The summed E-state index contributed by atoms with van der Waals surface area (Å²) >= 11 is 1.77. The summed E-state index contributed by atoms with van der Waals surface area (Å²) < 4.78 is 2.32.